The average molecular weight is 401 g/mol. The molecule has 156 valence electrons. The van der Waals surface area contributed by atoms with E-state index in [4.69, 9.17) is 9.47 Å². The largest absolute Gasteiger partial charge is 0.491 e. The van der Waals surface area contributed by atoms with Crippen LogP contribution in [0.4, 0.5) is 0 Å². The van der Waals surface area contributed by atoms with Crippen LogP contribution in [0.2, 0.25) is 0 Å². The highest BCUT2D eigenvalue weighted by Crippen LogP contribution is 2.32. The highest BCUT2D eigenvalue weighted by atomic mass is 16.5. The molecule has 0 spiro atoms. The van der Waals surface area contributed by atoms with Crippen LogP contribution in [-0.2, 0) is 11.8 Å². The van der Waals surface area contributed by atoms with Gasteiger partial charge in [0.15, 0.2) is 0 Å². The summed E-state index contributed by atoms with van der Waals surface area (Å²) in [6.07, 6.45) is 5.36. The van der Waals surface area contributed by atoms with Crippen LogP contribution in [0.25, 0.3) is 0 Å². The Morgan fingerprint density at radius 1 is 0.867 bits per heavy atom. The van der Waals surface area contributed by atoms with Crippen LogP contribution in [0.3, 0.4) is 0 Å². The quantitative estimate of drug-likeness (QED) is 0.324. The second-order valence-electron chi connectivity index (χ2n) is 8.23. The maximum atomic E-state index is 5.97. The predicted molar refractivity (Wildman–Crippen MR) is 126 cm³/mol. The van der Waals surface area contributed by atoms with E-state index in [9.17, 15) is 0 Å². The van der Waals surface area contributed by atoms with Gasteiger partial charge in [0.1, 0.15) is 17.2 Å². The van der Waals surface area contributed by atoms with E-state index in [-0.39, 0.29) is 11.5 Å². The zero-order valence-corrected chi connectivity index (χ0v) is 18.3. The third-order valence-corrected chi connectivity index (χ3v) is 5.38. The molecule has 0 aliphatic heterocycles. The SMILES string of the molecule is C=CC(C)(CCCc1cccc(Oc2ccccc2)c1)c1ccc(OC(C)C)cc1. The number of hydrogen-bond acceptors (Lipinski definition) is 2. The Morgan fingerprint density at radius 2 is 1.57 bits per heavy atom. The van der Waals surface area contributed by atoms with Crippen molar-refractivity contribution in [2.75, 3.05) is 0 Å². The maximum absolute atomic E-state index is 5.97. The molecule has 0 aliphatic rings. The molecule has 0 bridgehead atoms. The molecule has 0 N–H and O–H groups in total. The molecule has 30 heavy (non-hydrogen) atoms. The smallest absolute Gasteiger partial charge is 0.127 e. The highest BCUT2D eigenvalue weighted by Gasteiger charge is 2.22. The molecule has 0 heterocycles. The van der Waals surface area contributed by atoms with Gasteiger partial charge in [0.05, 0.1) is 6.10 Å². The molecule has 3 rings (SSSR count). The fourth-order valence-corrected chi connectivity index (χ4v) is 3.60. The van der Waals surface area contributed by atoms with Gasteiger partial charge < -0.3 is 9.47 Å². The van der Waals surface area contributed by atoms with Crippen molar-refractivity contribution in [3.63, 3.8) is 0 Å². The summed E-state index contributed by atoms with van der Waals surface area (Å²) in [4.78, 5) is 0. The molecule has 2 heteroatoms. The Kier molecular flexibility index (Phi) is 7.35. The van der Waals surface area contributed by atoms with Gasteiger partial charge in [-0.05, 0) is 80.6 Å². The first kappa shape index (κ1) is 21.7. The summed E-state index contributed by atoms with van der Waals surface area (Å²) in [7, 11) is 0. The van der Waals surface area contributed by atoms with Gasteiger partial charge in [-0.25, -0.2) is 0 Å². The van der Waals surface area contributed by atoms with Crippen LogP contribution in [0, 0.1) is 0 Å². The maximum Gasteiger partial charge on any atom is 0.127 e. The van der Waals surface area contributed by atoms with Gasteiger partial charge in [0.25, 0.3) is 0 Å². The summed E-state index contributed by atoms with van der Waals surface area (Å²) in [5.74, 6) is 2.65. The summed E-state index contributed by atoms with van der Waals surface area (Å²) in [6, 6.07) is 26.7. The second-order valence-corrected chi connectivity index (χ2v) is 8.23. The van der Waals surface area contributed by atoms with Crippen molar-refractivity contribution >= 4 is 0 Å². The molecule has 0 fully saturated rings. The topological polar surface area (TPSA) is 18.5 Å². The summed E-state index contributed by atoms with van der Waals surface area (Å²) >= 11 is 0. The van der Waals surface area contributed by atoms with Gasteiger partial charge in [-0.1, -0.05) is 55.5 Å². The number of para-hydroxylation sites is 1. The number of benzene rings is 3. The first-order chi connectivity index (χ1) is 14.5. The van der Waals surface area contributed by atoms with Crippen molar-refractivity contribution in [2.24, 2.45) is 0 Å². The monoisotopic (exact) mass is 400 g/mol. The number of allylic oxidation sites excluding steroid dienone is 1. The van der Waals surface area contributed by atoms with Crippen molar-refractivity contribution in [1.29, 1.82) is 0 Å². The summed E-state index contributed by atoms with van der Waals surface area (Å²) in [5.41, 5.74) is 2.50. The van der Waals surface area contributed by atoms with E-state index in [1.807, 2.05) is 50.2 Å². The van der Waals surface area contributed by atoms with E-state index in [1.165, 1.54) is 11.1 Å². The van der Waals surface area contributed by atoms with Gasteiger partial charge in [-0.3, -0.25) is 0 Å². The zero-order valence-electron chi connectivity index (χ0n) is 18.3. The van der Waals surface area contributed by atoms with Crippen LogP contribution >= 0.6 is 0 Å². The van der Waals surface area contributed by atoms with Crippen LogP contribution < -0.4 is 9.47 Å². The number of aryl methyl sites for hydroxylation is 1. The number of ether oxygens (including phenoxy) is 2. The van der Waals surface area contributed by atoms with Crippen molar-refractivity contribution in [3.8, 4) is 17.2 Å². The molecule has 0 amide bonds. The fraction of sp³-hybridized carbons (Fsp3) is 0.286. The molecular formula is C28H32O2. The summed E-state index contributed by atoms with van der Waals surface area (Å²) in [6.45, 7) is 10.5. The van der Waals surface area contributed by atoms with Crippen LogP contribution in [0.1, 0.15) is 44.7 Å². The fourth-order valence-electron chi connectivity index (χ4n) is 3.60. The highest BCUT2D eigenvalue weighted by molar-refractivity contribution is 5.36. The van der Waals surface area contributed by atoms with E-state index < -0.39 is 0 Å². The average Bonchev–Trinajstić information content (AvgIpc) is 2.75. The van der Waals surface area contributed by atoms with Gasteiger partial charge in [0, 0.05) is 5.41 Å². The Balaban J connectivity index is 1.60. The molecule has 0 aromatic heterocycles. The predicted octanol–water partition coefficient (Wildman–Crippen LogP) is 7.73. The normalized spacial score (nSPS) is 12.9. The molecule has 0 saturated heterocycles. The van der Waals surface area contributed by atoms with Crippen molar-refractivity contribution < 1.29 is 9.47 Å². The van der Waals surface area contributed by atoms with Crippen LogP contribution in [-0.4, -0.2) is 6.10 Å². The second kappa shape index (κ2) is 10.2. The lowest BCUT2D eigenvalue weighted by atomic mass is 9.78. The minimum atomic E-state index is -0.0610. The molecule has 2 nitrogen and oxygen atoms in total. The van der Waals surface area contributed by atoms with E-state index >= 15 is 0 Å². The number of hydrogen-bond donors (Lipinski definition) is 0. The van der Waals surface area contributed by atoms with Crippen molar-refractivity contribution in [2.45, 2.75) is 51.6 Å². The van der Waals surface area contributed by atoms with Gasteiger partial charge >= 0.3 is 0 Å². The molecule has 0 aliphatic carbocycles. The van der Waals surface area contributed by atoms with Crippen LogP contribution in [0.5, 0.6) is 17.2 Å². The first-order valence-electron chi connectivity index (χ1n) is 10.7. The molecule has 0 saturated carbocycles. The molecule has 0 radical (unpaired) electrons. The van der Waals surface area contributed by atoms with Gasteiger partial charge in [-0.2, -0.15) is 0 Å². The minimum Gasteiger partial charge on any atom is -0.491 e. The van der Waals surface area contributed by atoms with E-state index in [1.54, 1.807) is 0 Å². The Hall–Kier alpha value is -3.00. The first-order valence-corrected chi connectivity index (χ1v) is 10.7. The molecule has 3 aromatic carbocycles. The molecule has 3 aromatic rings. The summed E-state index contributed by atoms with van der Waals surface area (Å²) < 4.78 is 11.7. The third kappa shape index (κ3) is 6.00. The van der Waals surface area contributed by atoms with Crippen molar-refractivity contribution in [3.05, 3.63) is 103 Å². The molecule has 1 unspecified atom stereocenters. The lowest BCUT2D eigenvalue weighted by Crippen LogP contribution is -2.19. The zero-order chi connectivity index (χ0) is 21.4. The molecule has 1 atom stereocenters. The lowest BCUT2D eigenvalue weighted by molar-refractivity contribution is 0.242. The summed E-state index contributed by atoms with van der Waals surface area (Å²) in [5, 5.41) is 0. The lowest BCUT2D eigenvalue weighted by Gasteiger charge is -2.27. The molecular weight excluding hydrogens is 368 g/mol. The van der Waals surface area contributed by atoms with E-state index in [0.29, 0.717) is 0 Å². The van der Waals surface area contributed by atoms with E-state index in [0.717, 1.165) is 36.5 Å². The van der Waals surface area contributed by atoms with Crippen molar-refractivity contribution in [1.82, 2.24) is 0 Å². The van der Waals surface area contributed by atoms with E-state index in [2.05, 4.69) is 62.0 Å². The number of rotatable bonds is 10. The third-order valence-electron chi connectivity index (χ3n) is 5.38. The Morgan fingerprint density at radius 3 is 2.23 bits per heavy atom. The Bertz CT molecular complexity index is 928. The van der Waals surface area contributed by atoms with Gasteiger partial charge in [-0.15, -0.1) is 6.58 Å². The van der Waals surface area contributed by atoms with Gasteiger partial charge in [0.2, 0.25) is 0 Å². The standard InChI is InChI=1S/C28H32O2/c1-5-28(4,24-16-18-26(19-17-24)29-22(2)3)20-10-12-23-11-9-15-27(21-23)30-25-13-7-6-8-14-25/h5-9,11,13-19,21-22H,1,10,12,20H2,2-4H3. The van der Waals surface area contributed by atoms with Crippen LogP contribution in [0.15, 0.2) is 91.5 Å². The minimum absolute atomic E-state index is 0.0610. The Labute approximate surface area is 181 Å².